The number of nitrogens with one attached hydrogen (secondary N) is 2. The maximum absolute atomic E-state index is 12.2. The SMILES string of the molecule is COc1ccc(Cl)cc1NC(=O)C[NH+](C)CCOc1c(Cl)cccc1Cl. The minimum Gasteiger partial charge on any atom is -0.495 e. The van der Waals surface area contributed by atoms with Gasteiger partial charge in [-0.15, -0.1) is 0 Å². The van der Waals surface area contributed by atoms with E-state index in [9.17, 15) is 4.79 Å². The first kappa shape index (κ1) is 20.6. The van der Waals surface area contributed by atoms with Gasteiger partial charge in [0.1, 0.15) is 18.9 Å². The van der Waals surface area contributed by atoms with Gasteiger partial charge in [0.05, 0.1) is 29.9 Å². The minimum atomic E-state index is -0.154. The number of quaternary nitrogens is 1. The van der Waals surface area contributed by atoms with Gasteiger partial charge in [0, 0.05) is 5.02 Å². The number of para-hydroxylation sites is 1. The third kappa shape index (κ3) is 5.95. The summed E-state index contributed by atoms with van der Waals surface area (Å²) in [5.74, 6) is 0.854. The molecule has 0 bridgehead atoms. The number of halogens is 3. The summed E-state index contributed by atoms with van der Waals surface area (Å²) in [6.45, 7) is 1.24. The lowest BCUT2D eigenvalue weighted by Crippen LogP contribution is -3.10. The fraction of sp³-hybridized carbons (Fsp3) is 0.278. The summed E-state index contributed by atoms with van der Waals surface area (Å²) in [5, 5.41) is 4.25. The smallest absolute Gasteiger partial charge is 0.279 e. The van der Waals surface area contributed by atoms with Crippen LogP contribution in [0.15, 0.2) is 36.4 Å². The molecule has 1 unspecified atom stereocenters. The summed E-state index contributed by atoms with van der Waals surface area (Å²) in [6, 6.07) is 10.2. The van der Waals surface area contributed by atoms with Gasteiger partial charge >= 0.3 is 0 Å². The molecular weight excluding hydrogens is 399 g/mol. The van der Waals surface area contributed by atoms with Crippen molar-refractivity contribution in [3.05, 3.63) is 51.5 Å². The fourth-order valence-electron chi connectivity index (χ4n) is 2.28. The molecule has 1 amide bonds. The summed E-state index contributed by atoms with van der Waals surface area (Å²) in [4.78, 5) is 13.2. The number of likely N-dealkylation sites (N-methyl/N-ethyl adjacent to an activating group) is 1. The number of carbonyl (C=O) groups is 1. The molecule has 0 fully saturated rings. The molecule has 1 atom stereocenters. The van der Waals surface area contributed by atoms with Crippen LogP contribution >= 0.6 is 34.8 Å². The van der Waals surface area contributed by atoms with Gasteiger partial charge in [-0.2, -0.15) is 0 Å². The summed E-state index contributed by atoms with van der Waals surface area (Å²) in [5.41, 5.74) is 0.539. The standard InChI is InChI=1S/C18H19Cl3N2O3/c1-23(8-9-26-18-13(20)4-3-5-14(18)21)11-17(24)22-15-10-12(19)6-7-16(15)25-2/h3-7,10H,8-9,11H2,1-2H3,(H,22,24)/p+1. The molecule has 0 saturated heterocycles. The molecule has 0 aromatic heterocycles. The van der Waals surface area contributed by atoms with E-state index in [1.165, 1.54) is 7.11 Å². The van der Waals surface area contributed by atoms with E-state index in [0.717, 1.165) is 4.90 Å². The predicted octanol–water partition coefficient (Wildman–Crippen LogP) is 3.19. The normalized spacial score (nSPS) is 11.7. The molecule has 0 saturated carbocycles. The Bertz CT molecular complexity index is 751. The number of benzene rings is 2. The maximum Gasteiger partial charge on any atom is 0.279 e. The molecule has 2 rings (SSSR count). The van der Waals surface area contributed by atoms with Gasteiger partial charge in [0.2, 0.25) is 0 Å². The van der Waals surface area contributed by atoms with Crippen molar-refractivity contribution in [2.24, 2.45) is 0 Å². The highest BCUT2D eigenvalue weighted by molar-refractivity contribution is 6.37. The van der Waals surface area contributed by atoms with Crippen molar-refractivity contribution in [3.63, 3.8) is 0 Å². The van der Waals surface area contributed by atoms with E-state index in [4.69, 9.17) is 44.3 Å². The molecule has 0 heterocycles. The molecule has 8 heteroatoms. The molecule has 0 radical (unpaired) electrons. The molecule has 0 aliphatic rings. The molecule has 0 aliphatic heterocycles. The Kier molecular flexibility index (Phi) is 7.85. The van der Waals surface area contributed by atoms with Crippen LogP contribution in [0, 0.1) is 0 Å². The van der Waals surface area contributed by atoms with E-state index in [1.807, 2.05) is 7.05 Å². The lowest BCUT2D eigenvalue weighted by atomic mass is 10.3. The predicted molar refractivity (Wildman–Crippen MR) is 105 cm³/mol. The first-order valence-electron chi connectivity index (χ1n) is 7.92. The van der Waals surface area contributed by atoms with Crippen molar-refractivity contribution in [1.82, 2.24) is 0 Å². The number of ether oxygens (including phenoxy) is 2. The fourth-order valence-corrected chi connectivity index (χ4v) is 2.96. The topological polar surface area (TPSA) is 52.0 Å². The Hall–Kier alpha value is -1.66. The summed E-state index contributed by atoms with van der Waals surface area (Å²) in [6.07, 6.45) is 0. The van der Waals surface area contributed by atoms with Crippen molar-refractivity contribution in [1.29, 1.82) is 0 Å². The lowest BCUT2D eigenvalue weighted by Gasteiger charge is -2.16. The van der Waals surface area contributed by atoms with Crippen LogP contribution in [0.3, 0.4) is 0 Å². The first-order valence-corrected chi connectivity index (χ1v) is 9.05. The van der Waals surface area contributed by atoms with Crippen LogP contribution in [0.2, 0.25) is 15.1 Å². The summed E-state index contributed by atoms with van der Waals surface area (Å²) in [7, 11) is 3.43. The second-order valence-corrected chi connectivity index (χ2v) is 6.93. The van der Waals surface area contributed by atoms with Crippen molar-refractivity contribution in [2.45, 2.75) is 0 Å². The lowest BCUT2D eigenvalue weighted by molar-refractivity contribution is -0.871. The zero-order chi connectivity index (χ0) is 19.1. The molecule has 0 aliphatic carbocycles. The number of amides is 1. The van der Waals surface area contributed by atoms with Gasteiger partial charge in [-0.1, -0.05) is 40.9 Å². The highest BCUT2D eigenvalue weighted by atomic mass is 35.5. The van der Waals surface area contributed by atoms with Gasteiger partial charge in [0.25, 0.3) is 5.91 Å². The molecule has 5 nitrogen and oxygen atoms in total. The van der Waals surface area contributed by atoms with Crippen LogP contribution in [0.5, 0.6) is 11.5 Å². The average molecular weight is 419 g/mol. The van der Waals surface area contributed by atoms with E-state index < -0.39 is 0 Å². The van der Waals surface area contributed by atoms with Crippen LogP contribution in [0.25, 0.3) is 0 Å². The van der Waals surface area contributed by atoms with Crippen LogP contribution < -0.4 is 19.7 Å². The third-order valence-electron chi connectivity index (χ3n) is 3.59. The number of carbonyl (C=O) groups excluding carboxylic acids is 1. The van der Waals surface area contributed by atoms with Gasteiger partial charge in [-0.3, -0.25) is 4.79 Å². The van der Waals surface area contributed by atoms with Crippen LogP contribution in [0.4, 0.5) is 5.69 Å². The average Bonchev–Trinajstić information content (AvgIpc) is 2.57. The molecule has 140 valence electrons. The number of hydrogen-bond donors (Lipinski definition) is 2. The van der Waals surface area contributed by atoms with Gasteiger partial charge < -0.3 is 19.7 Å². The molecular formula is C18H20Cl3N2O3+. The maximum atomic E-state index is 12.2. The molecule has 26 heavy (non-hydrogen) atoms. The monoisotopic (exact) mass is 417 g/mol. The molecule has 2 N–H and O–H groups in total. The van der Waals surface area contributed by atoms with Crippen molar-refractivity contribution < 1.29 is 19.2 Å². The molecule has 2 aromatic rings. The van der Waals surface area contributed by atoms with E-state index in [-0.39, 0.29) is 12.5 Å². The zero-order valence-electron chi connectivity index (χ0n) is 14.4. The Morgan fingerprint density at radius 2 is 1.85 bits per heavy atom. The van der Waals surface area contributed by atoms with E-state index in [0.29, 0.717) is 45.4 Å². The number of anilines is 1. The first-order chi connectivity index (χ1) is 12.4. The van der Waals surface area contributed by atoms with Crippen molar-refractivity contribution >= 4 is 46.4 Å². The quantitative estimate of drug-likeness (QED) is 0.692. The highest BCUT2D eigenvalue weighted by Gasteiger charge is 2.14. The number of rotatable bonds is 8. The summed E-state index contributed by atoms with van der Waals surface area (Å²) >= 11 is 18.1. The van der Waals surface area contributed by atoms with Crippen LogP contribution in [0.1, 0.15) is 0 Å². The number of hydrogen-bond acceptors (Lipinski definition) is 3. The van der Waals surface area contributed by atoms with E-state index in [1.54, 1.807) is 36.4 Å². The van der Waals surface area contributed by atoms with Crippen molar-refractivity contribution in [3.8, 4) is 11.5 Å². The second kappa shape index (κ2) is 9.88. The Morgan fingerprint density at radius 1 is 1.15 bits per heavy atom. The number of methoxy groups -OCH3 is 1. The molecule has 0 spiro atoms. The van der Waals surface area contributed by atoms with Crippen LogP contribution in [-0.2, 0) is 4.79 Å². The van der Waals surface area contributed by atoms with E-state index in [2.05, 4.69) is 5.32 Å². The Morgan fingerprint density at radius 3 is 2.50 bits per heavy atom. The van der Waals surface area contributed by atoms with Gasteiger partial charge in [-0.25, -0.2) is 0 Å². The van der Waals surface area contributed by atoms with Gasteiger partial charge in [-0.05, 0) is 30.3 Å². The highest BCUT2D eigenvalue weighted by Crippen LogP contribution is 2.32. The zero-order valence-corrected chi connectivity index (χ0v) is 16.7. The largest absolute Gasteiger partial charge is 0.495 e. The third-order valence-corrected chi connectivity index (χ3v) is 4.42. The second-order valence-electron chi connectivity index (χ2n) is 5.68. The Balaban J connectivity index is 1.83. The van der Waals surface area contributed by atoms with E-state index >= 15 is 0 Å². The minimum absolute atomic E-state index is 0.154. The Labute approximate surface area is 167 Å². The van der Waals surface area contributed by atoms with Crippen LogP contribution in [-0.4, -0.2) is 39.8 Å². The summed E-state index contributed by atoms with van der Waals surface area (Å²) < 4.78 is 10.9. The van der Waals surface area contributed by atoms with Gasteiger partial charge in [0.15, 0.2) is 12.3 Å². The van der Waals surface area contributed by atoms with Crippen molar-refractivity contribution in [2.75, 3.05) is 39.2 Å². The molecule has 2 aromatic carbocycles.